The summed E-state index contributed by atoms with van der Waals surface area (Å²) in [5, 5.41) is 0. The normalized spacial score (nSPS) is 32.6. The Morgan fingerprint density at radius 2 is 1.79 bits per heavy atom. The molecule has 9 heteroatoms. The van der Waals surface area contributed by atoms with E-state index in [9.17, 15) is 18.0 Å². The number of hydrogen-bond donors (Lipinski definition) is 0. The van der Waals surface area contributed by atoms with Crippen LogP contribution in [-0.2, 0) is 10.2 Å². The third kappa shape index (κ3) is 4.11. The number of nitrogens with zero attached hydrogens (tertiary/aromatic N) is 3. The van der Waals surface area contributed by atoms with E-state index in [0.717, 1.165) is 56.4 Å². The number of aryl methyl sites for hydroxylation is 1. The van der Waals surface area contributed by atoms with Crippen molar-refractivity contribution in [2.24, 2.45) is 10.8 Å². The van der Waals surface area contributed by atoms with Gasteiger partial charge in [-0.1, -0.05) is 6.07 Å². The third-order valence-corrected chi connectivity index (χ3v) is 10.0. The van der Waals surface area contributed by atoms with Crippen molar-refractivity contribution in [2.75, 3.05) is 11.4 Å². The lowest BCUT2D eigenvalue weighted by atomic mass is 9.41. The van der Waals surface area contributed by atoms with Gasteiger partial charge in [-0.15, -0.1) is 0 Å². The van der Waals surface area contributed by atoms with Crippen LogP contribution in [-0.4, -0.2) is 28.1 Å². The summed E-state index contributed by atoms with van der Waals surface area (Å²) in [5.41, 5.74) is -0.526. The highest BCUT2D eigenvalue weighted by Gasteiger charge is 2.69. The summed E-state index contributed by atoms with van der Waals surface area (Å²) in [6.07, 6.45) is 7.57. The molecule has 0 aliphatic heterocycles. The van der Waals surface area contributed by atoms with Crippen molar-refractivity contribution in [1.82, 2.24) is 9.97 Å². The number of carbonyl (C=O) groups excluding carboxylic acids is 1. The monoisotopic (exact) mass is 539 g/mol. The minimum absolute atomic E-state index is 0.00492. The number of carbonyl (C=O) groups is 1. The lowest BCUT2D eigenvalue weighted by molar-refractivity contribution is -0.215. The molecule has 6 aliphatic rings. The predicted octanol–water partition coefficient (Wildman–Crippen LogP) is 7.48. The second kappa shape index (κ2) is 8.45. The highest BCUT2D eigenvalue weighted by Crippen LogP contribution is 2.71. The van der Waals surface area contributed by atoms with Crippen LogP contribution in [0.25, 0.3) is 11.5 Å². The molecule has 9 rings (SSSR count). The fraction of sp³-hybridized carbons (Fsp3) is 0.567. The van der Waals surface area contributed by atoms with Crippen molar-refractivity contribution in [3.05, 3.63) is 54.1 Å². The van der Waals surface area contributed by atoms with Crippen LogP contribution in [0.4, 0.5) is 18.9 Å². The topological polar surface area (TPSA) is 72.4 Å². The molecule has 39 heavy (non-hydrogen) atoms. The van der Waals surface area contributed by atoms with Gasteiger partial charge in [0.25, 0.3) is 6.43 Å². The van der Waals surface area contributed by atoms with Gasteiger partial charge in [0.1, 0.15) is 23.4 Å². The Bertz CT molecular complexity index is 1380. The SMILES string of the molecule is Cc1cnc(C23CCC(CN(C(=O)CC45CC(F)(C4)C5)c4cccc(-c5nc(C(F)F)co5)c4)(CC2)CC3)o1. The van der Waals surface area contributed by atoms with Crippen LogP contribution in [0.2, 0.25) is 0 Å². The average Bonchev–Trinajstić information content (AvgIpc) is 3.57. The van der Waals surface area contributed by atoms with Gasteiger partial charge in [0.15, 0.2) is 0 Å². The second-order valence-corrected chi connectivity index (χ2v) is 12.8. The highest BCUT2D eigenvalue weighted by molar-refractivity contribution is 5.94. The van der Waals surface area contributed by atoms with E-state index in [2.05, 4.69) is 9.97 Å². The number of oxazole rings is 2. The molecule has 2 aromatic heterocycles. The number of anilines is 1. The van der Waals surface area contributed by atoms with Crippen molar-refractivity contribution in [3.8, 4) is 11.5 Å². The lowest BCUT2D eigenvalue weighted by Crippen LogP contribution is -2.65. The first kappa shape index (κ1) is 24.9. The molecule has 0 unspecified atom stereocenters. The molecular weight excluding hydrogens is 507 g/mol. The molecule has 4 bridgehead atoms. The van der Waals surface area contributed by atoms with Gasteiger partial charge in [0.2, 0.25) is 17.7 Å². The largest absolute Gasteiger partial charge is 0.445 e. The first-order valence-electron chi connectivity index (χ1n) is 13.9. The van der Waals surface area contributed by atoms with Crippen LogP contribution in [0.1, 0.15) is 88.0 Å². The third-order valence-electron chi connectivity index (χ3n) is 10.0. The van der Waals surface area contributed by atoms with Crippen molar-refractivity contribution in [3.63, 3.8) is 0 Å². The van der Waals surface area contributed by atoms with E-state index >= 15 is 0 Å². The van der Waals surface area contributed by atoms with E-state index in [1.54, 1.807) is 24.4 Å². The smallest absolute Gasteiger partial charge is 0.283 e. The minimum Gasteiger partial charge on any atom is -0.445 e. The quantitative estimate of drug-likeness (QED) is 0.297. The molecular formula is C30H32F3N3O3. The molecule has 2 heterocycles. The Morgan fingerprint density at radius 1 is 1.08 bits per heavy atom. The molecule has 1 amide bonds. The number of benzene rings is 1. The zero-order chi connectivity index (χ0) is 27.0. The maximum atomic E-state index is 14.3. The fourth-order valence-electron chi connectivity index (χ4n) is 7.87. The molecule has 6 nitrogen and oxygen atoms in total. The van der Waals surface area contributed by atoms with Gasteiger partial charge < -0.3 is 13.7 Å². The number of hydrogen-bond acceptors (Lipinski definition) is 5. The standard InChI is InChI=1S/C30H32F3N3O3/c1-19-13-34-26(39-19)29-8-5-27(6-9-29,7-10-29)18-36(23(37)12-28-15-30(33,16-28)17-28)21-4-2-3-20(11-21)25-35-22(14-38-25)24(31)32/h2-4,11,13-14,24H,5-10,12,15-18H2,1H3. The Balaban J connectivity index is 1.16. The number of aromatic nitrogens is 2. The maximum absolute atomic E-state index is 14.3. The first-order valence-corrected chi connectivity index (χ1v) is 13.9. The molecule has 1 aromatic carbocycles. The zero-order valence-corrected chi connectivity index (χ0v) is 22.0. The van der Waals surface area contributed by atoms with Crippen molar-refractivity contribution in [1.29, 1.82) is 0 Å². The number of alkyl halides is 3. The molecule has 6 fully saturated rings. The van der Waals surface area contributed by atoms with Crippen LogP contribution in [0.15, 0.2) is 45.6 Å². The summed E-state index contributed by atoms with van der Waals surface area (Å²) in [4.78, 5) is 24.2. The number of halogens is 3. The number of amides is 1. The predicted molar refractivity (Wildman–Crippen MR) is 137 cm³/mol. The first-order chi connectivity index (χ1) is 18.6. The zero-order valence-electron chi connectivity index (χ0n) is 22.0. The Morgan fingerprint density at radius 3 is 2.38 bits per heavy atom. The van der Waals surface area contributed by atoms with Crippen LogP contribution in [0.3, 0.4) is 0 Å². The maximum Gasteiger partial charge on any atom is 0.283 e. The van der Waals surface area contributed by atoms with Crippen molar-refractivity contribution < 1.29 is 26.8 Å². The van der Waals surface area contributed by atoms with E-state index in [0.29, 0.717) is 43.5 Å². The Kier molecular flexibility index (Phi) is 5.40. The van der Waals surface area contributed by atoms with Gasteiger partial charge >= 0.3 is 0 Å². The molecule has 6 aliphatic carbocycles. The van der Waals surface area contributed by atoms with Gasteiger partial charge in [-0.3, -0.25) is 4.79 Å². The lowest BCUT2D eigenvalue weighted by Gasteiger charge is -2.66. The number of rotatable bonds is 8. The Labute approximate surface area is 225 Å². The molecule has 0 spiro atoms. The van der Waals surface area contributed by atoms with Gasteiger partial charge in [-0.2, -0.15) is 0 Å². The summed E-state index contributed by atoms with van der Waals surface area (Å²) in [5.74, 6) is 1.76. The molecule has 0 N–H and O–H groups in total. The summed E-state index contributed by atoms with van der Waals surface area (Å²) in [6.45, 7) is 2.49. The van der Waals surface area contributed by atoms with Crippen LogP contribution < -0.4 is 4.90 Å². The summed E-state index contributed by atoms with van der Waals surface area (Å²) >= 11 is 0. The van der Waals surface area contributed by atoms with Gasteiger partial charge in [0, 0.05) is 29.6 Å². The van der Waals surface area contributed by atoms with E-state index in [-0.39, 0.29) is 28.0 Å². The highest BCUT2D eigenvalue weighted by atomic mass is 19.3. The van der Waals surface area contributed by atoms with E-state index in [4.69, 9.17) is 8.83 Å². The van der Waals surface area contributed by atoms with E-state index in [1.807, 2.05) is 17.9 Å². The van der Waals surface area contributed by atoms with E-state index in [1.165, 1.54) is 0 Å². The minimum atomic E-state index is -2.72. The molecule has 6 saturated carbocycles. The molecule has 0 radical (unpaired) electrons. The molecule has 3 aromatic rings. The fourth-order valence-corrected chi connectivity index (χ4v) is 7.87. The summed E-state index contributed by atoms with van der Waals surface area (Å²) in [6, 6.07) is 7.20. The Hall–Kier alpha value is -3.10. The van der Waals surface area contributed by atoms with Gasteiger partial charge in [-0.05, 0) is 93.7 Å². The summed E-state index contributed by atoms with van der Waals surface area (Å²) in [7, 11) is 0. The van der Waals surface area contributed by atoms with E-state index < -0.39 is 17.8 Å². The average molecular weight is 540 g/mol. The van der Waals surface area contributed by atoms with Crippen LogP contribution in [0, 0.1) is 17.8 Å². The van der Waals surface area contributed by atoms with Crippen LogP contribution >= 0.6 is 0 Å². The number of fused-ring (bicyclic) bond motifs is 3. The molecule has 206 valence electrons. The van der Waals surface area contributed by atoms with Gasteiger partial charge in [0.05, 0.1) is 6.20 Å². The van der Waals surface area contributed by atoms with Crippen molar-refractivity contribution in [2.45, 2.75) is 88.6 Å². The molecule has 0 atom stereocenters. The second-order valence-electron chi connectivity index (χ2n) is 12.8. The van der Waals surface area contributed by atoms with Crippen LogP contribution in [0.5, 0.6) is 0 Å². The van der Waals surface area contributed by atoms with Crippen molar-refractivity contribution >= 4 is 11.6 Å². The van der Waals surface area contributed by atoms with Gasteiger partial charge in [-0.25, -0.2) is 23.1 Å². The summed E-state index contributed by atoms with van der Waals surface area (Å²) < 4.78 is 51.8. The molecule has 0 saturated heterocycles.